The van der Waals surface area contributed by atoms with Crippen LogP contribution in [0.5, 0.6) is 0 Å². The summed E-state index contributed by atoms with van der Waals surface area (Å²) >= 11 is 0. The highest BCUT2D eigenvalue weighted by Gasteiger charge is 2.42. The summed E-state index contributed by atoms with van der Waals surface area (Å²) in [5, 5.41) is 0. The van der Waals surface area contributed by atoms with Crippen molar-refractivity contribution in [2.45, 2.75) is 76.4 Å². The molecule has 0 N–H and O–H groups in total. The van der Waals surface area contributed by atoms with Crippen LogP contribution in [-0.4, -0.2) is 19.0 Å². The average molecular weight is 278 g/mol. The molecule has 1 aliphatic heterocycles. The Morgan fingerprint density at radius 3 is 1.45 bits per heavy atom. The van der Waals surface area contributed by atoms with E-state index in [0.29, 0.717) is 0 Å². The van der Waals surface area contributed by atoms with E-state index in [1.807, 2.05) is 0 Å². The molecule has 0 atom stereocenters. The molecule has 3 saturated carbocycles. The van der Waals surface area contributed by atoms with E-state index in [4.69, 9.17) is 9.47 Å². The van der Waals surface area contributed by atoms with Gasteiger partial charge in [-0.3, -0.25) is 0 Å². The van der Waals surface area contributed by atoms with Crippen LogP contribution in [0.15, 0.2) is 0 Å². The fourth-order valence-electron chi connectivity index (χ4n) is 5.34. The molecule has 1 heterocycles. The number of rotatable bonds is 2. The van der Waals surface area contributed by atoms with Crippen LogP contribution in [0.4, 0.5) is 0 Å². The smallest absolute Gasteiger partial charge is 0.168 e. The van der Waals surface area contributed by atoms with Gasteiger partial charge in [0.15, 0.2) is 5.79 Å². The quantitative estimate of drug-likeness (QED) is 0.739. The molecular weight excluding hydrogens is 248 g/mol. The largest absolute Gasteiger partial charge is 0.348 e. The summed E-state index contributed by atoms with van der Waals surface area (Å²) in [7, 11) is 0. The SMILES string of the molecule is C1CC(C2CCC(C3CCC4(CC3)OCCO4)CC2)C1. The van der Waals surface area contributed by atoms with Crippen molar-refractivity contribution < 1.29 is 9.47 Å². The molecule has 0 unspecified atom stereocenters. The molecule has 0 aromatic heterocycles. The van der Waals surface area contributed by atoms with Gasteiger partial charge in [0.2, 0.25) is 0 Å². The molecular formula is C18H30O2. The van der Waals surface area contributed by atoms with Gasteiger partial charge in [-0.15, -0.1) is 0 Å². The van der Waals surface area contributed by atoms with Crippen LogP contribution in [0.2, 0.25) is 0 Å². The monoisotopic (exact) mass is 278 g/mol. The Hall–Kier alpha value is -0.0800. The Balaban J connectivity index is 1.25. The summed E-state index contributed by atoms with van der Waals surface area (Å²) in [5.41, 5.74) is 0. The molecule has 0 amide bonds. The zero-order valence-corrected chi connectivity index (χ0v) is 12.8. The van der Waals surface area contributed by atoms with E-state index in [-0.39, 0.29) is 5.79 Å². The highest BCUT2D eigenvalue weighted by Crippen LogP contribution is 2.48. The molecule has 0 aromatic carbocycles. The highest BCUT2D eigenvalue weighted by atomic mass is 16.7. The Bertz CT molecular complexity index is 312. The first-order chi connectivity index (χ1) is 9.85. The van der Waals surface area contributed by atoms with Crippen molar-refractivity contribution in [2.75, 3.05) is 13.2 Å². The Labute approximate surface area is 123 Å². The number of hydrogen-bond donors (Lipinski definition) is 0. The van der Waals surface area contributed by atoms with Gasteiger partial charge in [-0.25, -0.2) is 0 Å². The Morgan fingerprint density at radius 2 is 1.00 bits per heavy atom. The zero-order valence-electron chi connectivity index (χ0n) is 12.8. The number of ether oxygens (including phenoxy) is 2. The molecule has 20 heavy (non-hydrogen) atoms. The fourth-order valence-corrected chi connectivity index (χ4v) is 5.34. The maximum atomic E-state index is 5.87. The van der Waals surface area contributed by atoms with Crippen LogP contribution in [0.3, 0.4) is 0 Å². The standard InChI is InChI=1S/C18H30O2/c1-2-14(3-1)15-4-6-16(7-5-15)17-8-10-18(11-9-17)19-12-13-20-18/h14-17H,1-13H2. The van der Waals surface area contributed by atoms with E-state index in [9.17, 15) is 0 Å². The minimum Gasteiger partial charge on any atom is -0.348 e. The summed E-state index contributed by atoms with van der Waals surface area (Å²) in [5.74, 6) is 4.04. The van der Waals surface area contributed by atoms with Gasteiger partial charge in [0.25, 0.3) is 0 Å². The second-order valence-corrected chi connectivity index (χ2v) is 7.81. The summed E-state index contributed by atoms with van der Waals surface area (Å²) in [6, 6.07) is 0. The zero-order chi connectivity index (χ0) is 13.4. The normalized spacial score (nSPS) is 39.0. The van der Waals surface area contributed by atoms with Gasteiger partial charge in [-0.2, -0.15) is 0 Å². The average Bonchev–Trinajstić information content (AvgIpc) is 2.87. The minimum atomic E-state index is -0.153. The number of hydrogen-bond acceptors (Lipinski definition) is 2. The van der Waals surface area contributed by atoms with Gasteiger partial charge in [0.05, 0.1) is 13.2 Å². The lowest BCUT2D eigenvalue weighted by Gasteiger charge is -2.43. The van der Waals surface area contributed by atoms with E-state index in [1.54, 1.807) is 0 Å². The van der Waals surface area contributed by atoms with Crippen molar-refractivity contribution in [2.24, 2.45) is 23.7 Å². The van der Waals surface area contributed by atoms with E-state index < -0.39 is 0 Å². The van der Waals surface area contributed by atoms with Gasteiger partial charge in [0, 0.05) is 12.8 Å². The van der Waals surface area contributed by atoms with Gasteiger partial charge in [0.1, 0.15) is 0 Å². The molecule has 2 nitrogen and oxygen atoms in total. The van der Waals surface area contributed by atoms with Crippen molar-refractivity contribution in [1.29, 1.82) is 0 Å². The van der Waals surface area contributed by atoms with Gasteiger partial charge < -0.3 is 9.47 Å². The molecule has 1 saturated heterocycles. The predicted molar refractivity (Wildman–Crippen MR) is 79.4 cm³/mol. The molecule has 3 aliphatic carbocycles. The van der Waals surface area contributed by atoms with Crippen LogP contribution in [-0.2, 0) is 9.47 Å². The first-order valence-corrected chi connectivity index (χ1v) is 9.13. The second kappa shape index (κ2) is 5.61. The molecule has 4 aliphatic rings. The van der Waals surface area contributed by atoms with Crippen LogP contribution >= 0.6 is 0 Å². The van der Waals surface area contributed by atoms with Crippen molar-refractivity contribution in [3.05, 3.63) is 0 Å². The van der Waals surface area contributed by atoms with Crippen molar-refractivity contribution in [3.8, 4) is 0 Å². The van der Waals surface area contributed by atoms with Crippen LogP contribution < -0.4 is 0 Å². The molecule has 0 bridgehead atoms. The van der Waals surface area contributed by atoms with Gasteiger partial charge >= 0.3 is 0 Å². The molecule has 1 spiro atoms. The molecule has 0 aromatic rings. The lowest BCUT2D eigenvalue weighted by Crippen LogP contribution is -2.38. The van der Waals surface area contributed by atoms with Crippen LogP contribution in [0.25, 0.3) is 0 Å². The molecule has 2 heteroatoms. The lowest BCUT2D eigenvalue weighted by molar-refractivity contribution is -0.185. The van der Waals surface area contributed by atoms with E-state index in [2.05, 4.69) is 0 Å². The molecule has 114 valence electrons. The van der Waals surface area contributed by atoms with E-state index >= 15 is 0 Å². The lowest BCUT2D eigenvalue weighted by atomic mass is 9.64. The molecule has 0 radical (unpaired) electrons. The molecule has 4 rings (SSSR count). The first-order valence-electron chi connectivity index (χ1n) is 9.13. The summed E-state index contributed by atoms with van der Waals surface area (Å²) in [6.45, 7) is 1.63. The third-order valence-corrected chi connectivity index (χ3v) is 6.91. The second-order valence-electron chi connectivity index (χ2n) is 7.81. The van der Waals surface area contributed by atoms with Crippen LogP contribution in [0, 0.1) is 23.7 Å². The van der Waals surface area contributed by atoms with Gasteiger partial charge in [-0.05, 0) is 62.2 Å². The topological polar surface area (TPSA) is 18.5 Å². The maximum Gasteiger partial charge on any atom is 0.168 e. The minimum absolute atomic E-state index is 0.153. The molecule has 4 fully saturated rings. The maximum absolute atomic E-state index is 5.87. The van der Waals surface area contributed by atoms with Crippen molar-refractivity contribution in [1.82, 2.24) is 0 Å². The third kappa shape index (κ3) is 2.54. The summed E-state index contributed by atoms with van der Waals surface area (Å²) < 4.78 is 11.7. The van der Waals surface area contributed by atoms with Gasteiger partial charge in [-0.1, -0.05) is 19.3 Å². The van der Waals surface area contributed by atoms with Crippen molar-refractivity contribution >= 4 is 0 Å². The summed E-state index contributed by atoms with van der Waals surface area (Å²) in [6.07, 6.45) is 15.7. The van der Waals surface area contributed by atoms with E-state index in [0.717, 1.165) is 49.7 Å². The summed E-state index contributed by atoms with van der Waals surface area (Å²) in [4.78, 5) is 0. The Morgan fingerprint density at radius 1 is 0.550 bits per heavy atom. The first kappa shape index (κ1) is 13.6. The van der Waals surface area contributed by atoms with Crippen molar-refractivity contribution in [3.63, 3.8) is 0 Å². The third-order valence-electron chi connectivity index (χ3n) is 6.91. The predicted octanol–water partition coefficient (Wildman–Crippen LogP) is 4.53. The van der Waals surface area contributed by atoms with Crippen LogP contribution in [0.1, 0.15) is 70.6 Å². The fraction of sp³-hybridized carbons (Fsp3) is 1.00. The Kier molecular flexibility index (Phi) is 3.80. The highest BCUT2D eigenvalue weighted by molar-refractivity contribution is 4.88. The van der Waals surface area contributed by atoms with E-state index in [1.165, 1.54) is 57.8 Å².